The molecule has 13 heteroatoms. The van der Waals surface area contributed by atoms with Crippen molar-refractivity contribution in [2.45, 2.75) is 41.4 Å². The number of hydrogen-bond donors (Lipinski definition) is 3. The molecule has 2 saturated carbocycles. The molecule has 39 heavy (non-hydrogen) atoms. The first-order valence-corrected chi connectivity index (χ1v) is 15.0. The second kappa shape index (κ2) is 10.6. The summed E-state index contributed by atoms with van der Waals surface area (Å²) in [5.41, 5.74) is -1.26. The Kier molecular flexibility index (Phi) is 7.49. The Morgan fingerprint density at radius 3 is 2.44 bits per heavy atom. The average Bonchev–Trinajstić information content (AvgIpc) is 3.47. The maximum atomic E-state index is 13.7. The van der Waals surface area contributed by atoms with Crippen molar-refractivity contribution in [1.82, 2.24) is 10.3 Å². The fraction of sp³-hybridized carbons (Fsp3) is 0.346. The molecule has 2 aliphatic carbocycles. The third-order valence-electron chi connectivity index (χ3n) is 7.65. The molecule has 2 unspecified atom stereocenters. The van der Waals surface area contributed by atoms with Crippen molar-refractivity contribution in [2.24, 2.45) is 11.8 Å². The first-order chi connectivity index (χ1) is 18.5. The molecule has 2 aliphatic rings. The lowest BCUT2D eigenvalue weighted by atomic mass is 9.74. The Labute approximate surface area is 232 Å². The number of amides is 2. The van der Waals surface area contributed by atoms with Crippen LogP contribution >= 0.6 is 22.9 Å². The van der Waals surface area contributed by atoms with E-state index in [-0.39, 0.29) is 57.4 Å². The van der Waals surface area contributed by atoms with Gasteiger partial charge in [-0.25, -0.2) is 22.2 Å². The highest BCUT2D eigenvalue weighted by Gasteiger charge is 2.55. The van der Waals surface area contributed by atoms with Crippen molar-refractivity contribution < 1.29 is 31.9 Å². The van der Waals surface area contributed by atoms with E-state index >= 15 is 0 Å². The van der Waals surface area contributed by atoms with E-state index in [1.165, 1.54) is 41.8 Å². The van der Waals surface area contributed by atoms with Gasteiger partial charge in [0.1, 0.15) is 0 Å². The molecular weight excluding hydrogens is 572 g/mol. The fourth-order valence-electron chi connectivity index (χ4n) is 5.60. The van der Waals surface area contributed by atoms with Crippen LogP contribution in [-0.2, 0) is 9.84 Å². The fourth-order valence-corrected chi connectivity index (χ4v) is 8.56. The molecule has 0 spiro atoms. The summed E-state index contributed by atoms with van der Waals surface area (Å²) in [5, 5.41) is 17.7. The van der Waals surface area contributed by atoms with Crippen molar-refractivity contribution in [2.75, 3.05) is 11.9 Å². The molecule has 2 fully saturated rings. The molecule has 2 atom stereocenters. The van der Waals surface area contributed by atoms with Crippen molar-refractivity contribution in [1.29, 1.82) is 0 Å². The smallest absolute Gasteiger partial charge is 0.280 e. The lowest BCUT2D eigenvalue weighted by molar-refractivity contribution is -0.0548. The molecule has 2 amide bonds. The molecule has 3 N–H and O–H groups in total. The number of rotatable bonds is 7. The second-order valence-corrected chi connectivity index (χ2v) is 13.3. The predicted molar refractivity (Wildman–Crippen MR) is 142 cm³/mol. The number of nitrogens with zero attached hydrogens (tertiary/aromatic N) is 1. The van der Waals surface area contributed by atoms with Crippen LogP contribution in [0.5, 0.6) is 0 Å². The minimum absolute atomic E-state index is 0.00310. The molecule has 3 aromatic rings. The van der Waals surface area contributed by atoms with Crippen LogP contribution in [-0.4, -0.2) is 47.7 Å². The number of hydrogen-bond acceptors (Lipinski definition) is 7. The molecular formula is C26H24ClF2N3O5S2. The number of carbonyl (C=O) groups is 2. The van der Waals surface area contributed by atoms with Crippen LogP contribution in [0.25, 0.3) is 0 Å². The molecule has 1 aromatic heterocycles. The summed E-state index contributed by atoms with van der Waals surface area (Å²) in [4.78, 5) is 28.9. The Hall–Kier alpha value is -2.93. The third-order valence-corrected chi connectivity index (χ3v) is 11.1. The van der Waals surface area contributed by atoms with Crippen molar-refractivity contribution in [3.63, 3.8) is 0 Å². The van der Waals surface area contributed by atoms with E-state index in [9.17, 15) is 31.9 Å². The van der Waals surface area contributed by atoms with E-state index in [1.54, 1.807) is 5.38 Å². The summed E-state index contributed by atoms with van der Waals surface area (Å²) in [6.07, 6.45) is 3.09. The predicted octanol–water partition coefficient (Wildman–Crippen LogP) is 4.45. The summed E-state index contributed by atoms with van der Waals surface area (Å²) >= 11 is 7.46. The number of nitrogens with one attached hydrogen (secondary N) is 2. The van der Waals surface area contributed by atoms with Gasteiger partial charge in [-0.3, -0.25) is 9.59 Å². The van der Waals surface area contributed by atoms with Gasteiger partial charge < -0.3 is 15.7 Å². The quantitative estimate of drug-likeness (QED) is 0.371. The van der Waals surface area contributed by atoms with Crippen LogP contribution in [0.3, 0.4) is 0 Å². The van der Waals surface area contributed by atoms with Crippen molar-refractivity contribution in [3.05, 3.63) is 75.2 Å². The molecule has 206 valence electrons. The standard InChI is InChI=1S/C26H24ClF2N3O5S2/c27-19-5-1-14(23(33)32-17-4-6-20(28)21(29)12-17)9-22(19)39(36,37)18-10-15-2-3-16(11-18)26(15,35)13-31-24(34)25-30-7-8-38-25/h1,4-9,12,15-16,18,35H,2-3,10-11,13H2,(H,31,34)(H,32,33). The second-order valence-electron chi connectivity index (χ2n) is 9.85. The number of benzene rings is 2. The van der Waals surface area contributed by atoms with Gasteiger partial charge in [0.05, 0.1) is 20.8 Å². The summed E-state index contributed by atoms with van der Waals surface area (Å²) in [6.45, 7) is -0.00604. The summed E-state index contributed by atoms with van der Waals surface area (Å²) < 4.78 is 54.1. The van der Waals surface area contributed by atoms with E-state index in [0.717, 1.165) is 12.1 Å². The van der Waals surface area contributed by atoms with Gasteiger partial charge in [0.25, 0.3) is 11.8 Å². The topological polar surface area (TPSA) is 125 Å². The molecule has 2 bridgehead atoms. The van der Waals surface area contributed by atoms with Crippen LogP contribution < -0.4 is 10.6 Å². The van der Waals surface area contributed by atoms with Crippen molar-refractivity contribution in [3.8, 4) is 0 Å². The van der Waals surface area contributed by atoms with E-state index in [1.807, 2.05) is 0 Å². The summed E-state index contributed by atoms with van der Waals surface area (Å²) in [5.74, 6) is -4.02. The van der Waals surface area contributed by atoms with E-state index in [0.29, 0.717) is 12.8 Å². The minimum Gasteiger partial charge on any atom is -0.387 e. The Bertz CT molecular complexity index is 1520. The minimum atomic E-state index is -4.00. The number of aliphatic hydroxyl groups is 1. The van der Waals surface area contributed by atoms with Gasteiger partial charge in [-0.1, -0.05) is 11.6 Å². The van der Waals surface area contributed by atoms with Gasteiger partial charge >= 0.3 is 0 Å². The third kappa shape index (κ3) is 5.30. The Morgan fingerprint density at radius 1 is 1.08 bits per heavy atom. The van der Waals surface area contributed by atoms with Gasteiger partial charge in [0, 0.05) is 35.4 Å². The van der Waals surface area contributed by atoms with Gasteiger partial charge in [-0.05, 0) is 67.9 Å². The first-order valence-electron chi connectivity index (χ1n) is 12.2. The van der Waals surface area contributed by atoms with E-state index < -0.39 is 44.1 Å². The Morgan fingerprint density at radius 2 is 1.79 bits per heavy atom. The molecule has 0 saturated heterocycles. The molecule has 0 radical (unpaired) electrons. The number of halogens is 3. The van der Waals surface area contributed by atoms with Crippen LogP contribution in [0.4, 0.5) is 14.5 Å². The first kappa shape index (κ1) is 27.6. The van der Waals surface area contributed by atoms with Crippen LogP contribution in [0, 0.1) is 23.5 Å². The lowest BCUT2D eigenvalue weighted by Gasteiger charge is -2.42. The summed E-state index contributed by atoms with van der Waals surface area (Å²) in [7, 11) is -4.00. The maximum absolute atomic E-state index is 13.7. The SMILES string of the molecule is O=C(Nc1ccc(F)c(F)c1)c1ccc(Cl)c(S(=O)(=O)C2CC3CCC(C2)C3(O)CNC(=O)c2nccs2)c1. The highest BCUT2D eigenvalue weighted by atomic mass is 35.5. The van der Waals surface area contributed by atoms with Gasteiger partial charge in [-0.2, -0.15) is 0 Å². The van der Waals surface area contributed by atoms with Crippen LogP contribution in [0.15, 0.2) is 52.9 Å². The van der Waals surface area contributed by atoms with Gasteiger partial charge in [0.2, 0.25) is 0 Å². The van der Waals surface area contributed by atoms with Crippen LogP contribution in [0.2, 0.25) is 5.02 Å². The zero-order chi connectivity index (χ0) is 27.9. The highest BCUT2D eigenvalue weighted by Crippen LogP contribution is 2.52. The number of anilines is 1. The summed E-state index contributed by atoms with van der Waals surface area (Å²) in [6, 6.07) is 6.68. The van der Waals surface area contributed by atoms with Crippen LogP contribution in [0.1, 0.15) is 45.8 Å². The number of carbonyl (C=O) groups excluding carboxylic acids is 2. The lowest BCUT2D eigenvalue weighted by Crippen LogP contribution is -2.54. The molecule has 2 aromatic carbocycles. The molecule has 1 heterocycles. The zero-order valence-corrected chi connectivity index (χ0v) is 22.8. The van der Waals surface area contributed by atoms with Gasteiger partial charge in [0.15, 0.2) is 26.5 Å². The zero-order valence-electron chi connectivity index (χ0n) is 20.4. The van der Waals surface area contributed by atoms with Gasteiger partial charge in [-0.15, -0.1) is 11.3 Å². The molecule has 5 rings (SSSR count). The monoisotopic (exact) mass is 595 g/mol. The molecule has 0 aliphatic heterocycles. The van der Waals surface area contributed by atoms with E-state index in [2.05, 4.69) is 15.6 Å². The molecule has 8 nitrogen and oxygen atoms in total. The normalized spacial score (nSPS) is 24.4. The Balaban J connectivity index is 1.32. The number of sulfone groups is 1. The number of thiazole rings is 1. The highest BCUT2D eigenvalue weighted by molar-refractivity contribution is 7.92. The average molecular weight is 596 g/mol. The van der Waals surface area contributed by atoms with Crippen molar-refractivity contribution >= 4 is 50.3 Å². The number of fused-ring (bicyclic) bond motifs is 2. The number of aromatic nitrogens is 1. The largest absolute Gasteiger partial charge is 0.387 e. The maximum Gasteiger partial charge on any atom is 0.280 e. The van der Waals surface area contributed by atoms with E-state index in [4.69, 9.17) is 11.6 Å².